The van der Waals surface area contributed by atoms with Crippen molar-refractivity contribution >= 4 is 23.2 Å². The molecule has 2 aliphatic rings. The second-order valence-electron chi connectivity index (χ2n) is 7.91. The quantitative estimate of drug-likeness (QED) is 0.711. The van der Waals surface area contributed by atoms with Crippen LogP contribution in [0.2, 0.25) is 10.0 Å². The molecule has 5 heteroatoms. The molecule has 2 atom stereocenters. The summed E-state index contributed by atoms with van der Waals surface area (Å²) in [5.74, 6) is 1.35. The molecule has 3 nitrogen and oxygen atoms in total. The Hall–Kier alpha value is -1.26. The topological polar surface area (TPSA) is 38.5 Å². The molecule has 0 bridgehead atoms. The monoisotopic (exact) mass is 418 g/mol. The number of rotatable bonds is 6. The van der Waals surface area contributed by atoms with Crippen LogP contribution < -0.4 is 10.5 Å². The van der Waals surface area contributed by atoms with Crippen molar-refractivity contribution < 1.29 is 4.74 Å². The summed E-state index contributed by atoms with van der Waals surface area (Å²) < 4.78 is 5.84. The van der Waals surface area contributed by atoms with E-state index in [-0.39, 0.29) is 0 Å². The van der Waals surface area contributed by atoms with Gasteiger partial charge in [-0.1, -0.05) is 35.3 Å². The third kappa shape index (κ3) is 4.33. The van der Waals surface area contributed by atoms with E-state index in [1.165, 1.54) is 49.0 Å². The van der Waals surface area contributed by atoms with Gasteiger partial charge in [-0.2, -0.15) is 0 Å². The molecule has 4 rings (SSSR count). The third-order valence-electron chi connectivity index (χ3n) is 6.13. The Balaban J connectivity index is 1.67. The van der Waals surface area contributed by atoms with Crippen LogP contribution in [0.25, 0.3) is 0 Å². The van der Waals surface area contributed by atoms with E-state index < -0.39 is 0 Å². The van der Waals surface area contributed by atoms with Gasteiger partial charge in [0.15, 0.2) is 0 Å². The fourth-order valence-corrected chi connectivity index (χ4v) is 5.12. The van der Waals surface area contributed by atoms with Crippen molar-refractivity contribution in [3.63, 3.8) is 0 Å². The molecule has 1 fully saturated rings. The number of ether oxygens (including phenoxy) is 1. The minimum absolute atomic E-state index is 0.431. The van der Waals surface area contributed by atoms with Gasteiger partial charge in [0, 0.05) is 18.5 Å². The Morgan fingerprint density at radius 3 is 2.61 bits per heavy atom. The van der Waals surface area contributed by atoms with Crippen LogP contribution in [0.15, 0.2) is 36.4 Å². The maximum atomic E-state index is 6.30. The lowest BCUT2D eigenvalue weighted by Gasteiger charge is -2.39. The molecule has 1 heterocycles. The predicted molar refractivity (Wildman–Crippen MR) is 117 cm³/mol. The van der Waals surface area contributed by atoms with Crippen LogP contribution in [0.5, 0.6) is 5.75 Å². The molecule has 28 heavy (non-hydrogen) atoms. The Morgan fingerprint density at radius 2 is 1.86 bits per heavy atom. The highest BCUT2D eigenvalue weighted by molar-refractivity contribution is 6.42. The first kappa shape index (κ1) is 20.0. The van der Waals surface area contributed by atoms with Crippen molar-refractivity contribution in [2.45, 2.75) is 44.1 Å². The summed E-state index contributed by atoms with van der Waals surface area (Å²) in [6.07, 6.45) is 5.92. The van der Waals surface area contributed by atoms with E-state index in [0.29, 0.717) is 35.2 Å². The van der Waals surface area contributed by atoms with Gasteiger partial charge in [-0.05, 0) is 86.1 Å². The van der Waals surface area contributed by atoms with Crippen molar-refractivity contribution in [1.82, 2.24) is 4.90 Å². The number of hydrogen-bond donors (Lipinski definition) is 1. The van der Waals surface area contributed by atoms with Crippen LogP contribution in [-0.2, 0) is 12.8 Å². The molecule has 2 N–H and O–H groups in total. The molecule has 1 aliphatic heterocycles. The average molecular weight is 419 g/mol. The number of hydrogen-bond acceptors (Lipinski definition) is 3. The molecule has 0 saturated carbocycles. The van der Waals surface area contributed by atoms with Gasteiger partial charge in [0.25, 0.3) is 0 Å². The second kappa shape index (κ2) is 9.04. The molecular weight excluding hydrogens is 391 g/mol. The lowest BCUT2D eigenvalue weighted by molar-refractivity contribution is 0.188. The first-order valence-corrected chi connectivity index (χ1v) is 11.0. The maximum absolute atomic E-state index is 6.30. The van der Waals surface area contributed by atoms with Crippen LogP contribution >= 0.6 is 23.2 Å². The summed E-state index contributed by atoms with van der Waals surface area (Å²) >= 11 is 12.4. The van der Waals surface area contributed by atoms with Gasteiger partial charge in [-0.15, -0.1) is 0 Å². The molecule has 2 aromatic carbocycles. The number of nitrogens with two attached hydrogens (primary N) is 1. The van der Waals surface area contributed by atoms with Gasteiger partial charge in [-0.25, -0.2) is 0 Å². The molecule has 1 saturated heterocycles. The number of benzene rings is 2. The zero-order valence-electron chi connectivity index (χ0n) is 16.2. The Labute approximate surface area is 177 Å². The number of nitrogens with zero attached hydrogens (tertiary/aromatic N) is 1. The SMILES string of the molecule is NCCOc1ccc2c(c1)C(Cc1ccc(Cl)c(Cl)c1)C(N1CCCC1)CC2. The zero-order valence-corrected chi connectivity index (χ0v) is 17.7. The molecule has 1 aliphatic carbocycles. The highest BCUT2D eigenvalue weighted by Gasteiger charge is 2.35. The van der Waals surface area contributed by atoms with E-state index in [2.05, 4.69) is 29.2 Å². The first-order valence-electron chi connectivity index (χ1n) is 10.3. The Morgan fingerprint density at radius 1 is 1.04 bits per heavy atom. The zero-order chi connectivity index (χ0) is 19.5. The second-order valence-corrected chi connectivity index (χ2v) is 8.72. The predicted octanol–water partition coefficient (Wildman–Crippen LogP) is 5.07. The molecule has 0 spiro atoms. The van der Waals surface area contributed by atoms with Crippen molar-refractivity contribution in [2.24, 2.45) is 5.73 Å². The normalized spacial score (nSPS) is 22.2. The number of halogens is 2. The molecule has 2 aromatic rings. The van der Waals surface area contributed by atoms with Crippen molar-refractivity contribution in [3.8, 4) is 5.75 Å². The first-order chi connectivity index (χ1) is 13.7. The molecular formula is C23H28Cl2N2O. The van der Waals surface area contributed by atoms with Crippen LogP contribution in [0.4, 0.5) is 0 Å². The van der Waals surface area contributed by atoms with E-state index in [0.717, 1.165) is 18.6 Å². The lowest BCUT2D eigenvalue weighted by Crippen LogP contribution is -2.41. The number of likely N-dealkylation sites (tertiary alicyclic amines) is 1. The van der Waals surface area contributed by atoms with Crippen LogP contribution in [0, 0.1) is 0 Å². The van der Waals surface area contributed by atoms with Crippen LogP contribution in [0.1, 0.15) is 41.9 Å². The maximum Gasteiger partial charge on any atom is 0.119 e. The summed E-state index contributed by atoms with van der Waals surface area (Å²) in [6, 6.07) is 13.2. The molecule has 0 amide bonds. The van der Waals surface area contributed by atoms with Gasteiger partial charge in [0.05, 0.1) is 10.0 Å². The van der Waals surface area contributed by atoms with Crippen LogP contribution in [0.3, 0.4) is 0 Å². The van der Waals surface area contributed by atoms with Gasteiger partial charge in [-0.3, -0.25) is 4.90 Å². The largest absolute Gasteiger partial charge is 0.492 e. The van der Waals surface area contributed by atoms with Gasteiger partial charge < -0.3 is 10.5 Å². The van der Waals surface area contributed by atoms with E-state index in [4.69, 9.17) is 33.7 Å². The Bertz CT molecular complexity index is 820. The Kier molecular flexibility index (Phi) is 6.47. The number of aryl methyl sites for hydroxylation is 1. The van der Waals surface area contributed by atoms with E-state index in [1.54, 1.807) is 0 Å². The summed E-state index contributed by atoms with van der Waals surface area (Å²) in [5.41, 5.74) is 9.73. The van der Waals surface area contributed by atoms with Crippen molar-refractivity contribution in [1.29, 1.82) is 0 Å². The van der Waals surface area contributed by atoms with Gasteiger partial charge >= 0.3 is 0 Å². The average Bonchev–Trinajstić information content (AvgIpc) is 3.24. The highest BCUT2D eigenvalue weighted by Crippen LogP contribution is 2.40. The van der Waals surface area contributed by atoms with Crippen molar-refractivity contribution in [2.75, 3.05) is 26.2 Å². The number of fused-ring (bicyclic) bond motifs is 1. The standard InChI is InChI=1S/C23H28Cl2N2O/c24-21-7-3-16(14-22(21)25)13-20-19-15-18(28-12-9-26)6-4-17(19)5-8-23(20)27-10-1-2-11-27/h3-4,6-7,14-15,20,23H,1-2,5,8-13,26H2. The minimum Gasteiger partial charge on any atom is -0.492 e. The summed E-state index contributed by atoms with van der Waals surface area (Å²) in [4.78, 5) is 2.69. The molecule has 0 radical (unpaired) electrons. The lowest BCUT2D eigenvalue weighted by atomic mass is 9.75. The fraction of sp³-hybridized carbons (Fsp3) is 0.478. The van der Waals surface area contributed by atoms with Crippen molar-refractivity contribution in [3.05, 3.63) is 63.1 Å². The van der Waals surface area contributed by atoms with E-state index in [9.17, 15) is 0 Å². The smallest absolute Gasteiger partial charge is 0.119 e. The summed E-state index contributed by atoms with van der Waals surface area (Å²) in [5, 5.41) is 1.25. The molecule has 0 aromatic heterocycles. The molecule has 2 unspecified atom stereocenters. The van der Waals surface area contributed by atoms with Crippen LogP contribution in [-0.4, -0.2) is 37.2 Å². The third-order valence-corrected chi connectivity index (χ3v) is 6.87. The van der Waals surface area contributed by atoms with Gasteiger partial charge in [0.1, 0.15) is 12.4 Å². The van der Waals surface area contributed by atoms with Gasteiger partial charge in [0.2, 0.25) is 0 Å². The fourth-order valence-electron chi connectivity index (χ4n) is 4.80. The molecule has 150 valence electrons. The summed E-state index contributed by atoms with van der Waals surface area (Å²) in [6.45, 7) is 3.49. The van der Waals surface area contributed by atoms with E-state index >= 15 is 0 Å². The van der Waals surface area contributed by atoms with E-state index in [1.807, 2.05) is 12.1 Å². The highest BCUT2D eigenvalue weighted by atomic mass is 35.5. The summed E-state index contributed by atoms with van der Waals surface area (Å²) in [7, 11) is 0. The minimum atomic E-state index is 0.431.